The van der Waals surface area contributed by atoms with Gasteiger partial charge in [-0.25, -0.2) is 9.59 Å². The van der Waals surface area contributed by atoms with Gasteiger partial charge in [-0.1, -0.05) is 76.2 Å². The van der Waals surface area contributed by atoms with E-state index in [2.05, 4.69) is 39.8 Å². The first-order valence-corrected chi connectivity index (χ1v) is 10.2. The number of rotatable bonds is 7. The van der Waals surface area contributed by atoms with Gasteiger partial charge in [0, 0.05) is 12.2 Å². The van der Waals surface area contributed by atoms with Crippen LogP contribution in [0, 0.1) is 0 Å². The zero-order valence-corrected chi connectivity index (χ0v) is 18.5. The van der Waals surface area contributed by atoms with Crippen LogP contribution >= 0.6 is 0 Å². The summed E-state index contributed by atoms with van der Waals surface area (Å²) in [5, 5.41) is 8.43. The maximum atomic E-state index is 11.1. The number of carbonyl (C=O) groups is 2. The minimum Gasteiger partial charge on any atom is -0.478 e. The summed E-state index contributed by atoms with van der Waals surface area (Å²) in [6.07, 6.45) is 5.95. The Morgan fingerprint density at radius 3 is 1.53 bits per heavy atom. The molecular formula is C26H32O4. The highest BCUT2D eigenvalue weighted by Crippen LogP contribution is 2.16. The van der Waals surface area contributed by atoms with Gasteiger partial charge in [0.15, 0.2) is 0 Å². The maximum absolute atomic E-state index is 11.1. The maximum Gasteiger partial charge on any atom is 0.330 e. The van der Waals surface area contributed by atoms with Crippen LogP contribution in [0.25, 0.3) is 12.2 Å². The van der Waals surface area contributed by atoms with E-state index in [-0.39, 0.29) is 5.97 Å². The van der Waals surface area contributed by atoms with E-state index in [1.807, 2.05) is 36.4 Å². The Bertz CT molecular complexity index is 842. The molecule has 0 aromatic heterocycles. The molecule has 4 heteroatoms. The predicted molar refractivity (Wildman–Crippen MR) is 123 cm³/mol. The Morgan fingerprint density at radius 2 is 1.20 bits per heavy atom. The zero-order chi connectivity index (χ0) is 22.5. The smallest absolute Gasteiger partial charge is 0.330 e. The minimum atomic E-state index is -0.919. The van der Waals surface area contributed by atoms with E-state index >= 15 is 0 Å². The lowest BCUT2D eigenvalue weighted by molar-refractivity contribution is -0.137. The largest absolute Gasteiger partial charge is 0.478 e. The molecule has 0 saturated carbocycles. The van der Waals surface area contributed by atoms with Crippen LogP contribution < -0.4 is 0 Å². The van der Waals surface area contributed by atoms with Gasteiger partial charge < -0.3 is 9.84 Å². The average molecular weight is 409 g/mol. The van der Waals surface area contributed by atoms with Crippen molar-refractivity contribution in [3.63, 3.8) is 0 Å². The van der Waals surface area contributed by atoms with Crippen molar-refractivity contribution in [2.45, 2.75) is 46.5 Å². The number of esters is 1. The molecule has 4 nitrogen and oxygen atoms in total. The zero-order valence-electron chi connectivity index (χ0n) is 18.5. The van der Waals surface area contributed by atoms with Gasteiger partial charge in [0.2, 0.25) is 0 Å². The molecule has 0 saturated heterocycles. The van der Waals surface area contributed by atoms with Crippen molar-refractivity contribution in [2.24, 2.45) is 0 Å². The van der Waals surface area contributed by atoms with Crippen LogP contribution in [0.1, 0.15) is 68.7 Å². The van der Waals surface area contributed by atoms with Crippen molar-refractivity contribution in [1.82, 2.24) is 0 Å². The molecular weight excluding hydrogens is 376 g/mol. The molecule has 0 fully saturated rings. The van der Waals surface area contributed by atoms with Crippen molar-refractivity contribution in [2.75, 3.05) is 6.61 Å². The van der Waals surface area contributed by atoms with Crippen LogP contribution in [0.15, 0.2) is 60.7 Å². The number of carboxylic acid groups (broad SMARTS) is 1. The normalized spacial score (nSPS) is 11.0. The van der Waals surface area contributed by atoms with E-state index in [1.165, 1.54) is 17.2 Å². The Morgan fingerprint density at radius 1 is 0.800 bits per heavy atom. The van der Waals surface area contributed by atoms with Gasteiger partial charge in [-0.3, -0.25) is 0 Å². The van der Waals surface area contributed by atoms with E-state index in [4.69, 9.17) is 9.84 Å². The van der Waals surface area contributed by atoms with Crippen LogP contribution in [-0.4, -0.2) is 23.7 Å². The molecule has 0 aliphatic heterocycles. The monoisotopic (exact) mass is 408 g/mol. The molecule has 0 aliphatic carbocycles. The third kappa shape index (κ3) is 9.87. The van der Waals surface area contributed by atoms with E-state index in [1.54, 1.807) is 19.1 Å². The van der Waals surface area contributed by atoms with Crippen molar-refractivity contribution >= 4 is 24.1 Å². The summed E-state index contributed by atoms with van der Waals surface area (Å²) in [6.45, 7) is 10.8. The molecule has 0 heterocycles. The van der Waals surface area contributed by atoms with Gasteiger partial charge in [-0.2, -0.15) is 0 Å². The van der Waals surface area contributed by atoms with Gasteiger partial charge in [-0.05, 0) is 53.2 Å². The molecule has 0 aliphatic rings. The molecule has 0 bridgehead atoms. The molecule has 2 aromatic carbocycles. The van der Waals surface area contributed by atoms with Gasteiger partial charge in [0.05, 0.1) is 6.61 Å². The number of benzene rings is 2. The van der Waals surface area contributed by atoms with Crippen LogP contribution in [0.4, 0.5) is 0 Å². The van der Waals surface area contributed by atoms with Crippen molar-refractivity contribution in [3.8, 4) is 0 Å². The van der Waals surface area contributed by atoms with E-state index in [0.717, 1.165) is 17.2 Å². The minimum absolute atomic E-state index is 0.296. The molecule has 0 spiro atoms. The van der Waals surface area contributed by atoms with Crippen LogP contribution in [0.5, 0.6) is 0 Å². The highest BCUT2D eigenvalue weighted by Gasteiger charge is 1.99. The Labute approximate surface area is 179 Å². The summed E-state index contributed by atoms with van der Waals surface area (Å²) in [6, 6.07) is 16.1. The number of hydrogen-bond donors (Lipinski definition) is 1. The second-order valence-corrected chi connectivity index (χ2v) is 7.40. The van der Waals surface area contributed by atoms with Crippen LogP contribution in [-0.2, 0) is 14.3 Å². The standard InChI is InChI=1S/C14H18O2.C12H14O2/c1-4-16-14(15)10-7-12-5-8-13(9-6-12)11(2)3;1-9(2)11-6-3-10(4-7-11)5-8-12(13)14/h5-11H,4H2,1-3H3;3-9H,1-2H3,(H,13,14). The summed E-state index contributed by atoms with van der Waals surface area (Å²) in [4.78, 5) is 21.3. The fourth-order valence-corrected chi connectivity index (χ4v) is 2.51. The van der Waals surface area contributed by atoms with Gasteiger partial charge in [0.25, 0.3) is 0 Å². The second-order valence-electron chi connectivity index (χ2n) is 7.40. The first-order chi connectivity index (χ1) is 14.2. The first-order valence-electron chi connectivity index (χ1n) is 10.2. The van der Waals surface area contributed by atoms with E-state index in [9.17, 15) is 9.59 Å². The van der Waals surface area contributed by atoms with Crippen LogP contribution in [0.2, 0.25) is 0 Å². The Kier molecular flexibility index (Phi) is 10.9. The molecule has 0 amide bonds. The second kappa shape index (κ2) is 13.2. The number of hydrogen-bond acceptors (Lipinski definition) is 3. The number of carbonyl (C=O) groups excluding carboxylic acids is 1. The molecule has 2 rings (SSSR count). The molecule has 0 unspecified atom stereocenters. The fourth-order valence-electron chi connectivity index (χ4n) is 2.51. The quantitative estimate of drug-likeness (QED) is 0.432. The third-order valence-electron chi connectivity index (χ3n) is 4.32. The number of carboxylic acids is 1. The third-order valence-corrected chi connectivity index (χ3v) is 4.32. The predicted octanol–water partition coefficient (Wildman–Crippen LogP) is 6.29. The fraction of sp³-hybridized carbons (Fsp3) is 0.308. The molecule has 2 aromatic rings. The molecule has 160 valence electrons. The summed E-state index contributed by atoms with van der Waals surface area (Å²) >= 11 is 0. The molecule has 0 radical (unpaired) electrons. The van der Waals surface area contributed by atoms with Crippen molar-refractivity contribution < 1.29 is 19.4 Å². The lowest BCUT2D eigenvalue weighted by Gasteiger charge is -2.04. The average Bonchev–Trinajstić information content (AvgIpc) is 2.72. The van der Waals surface area contributed by atoms with Crippen molar-refractivity contribution in [3.05, 3.63) is 82.9 Å². The van der Waals surface area contributed by atoms with Crippen molar-refractivity contribution in [1.29, 1.82) is 0 Å². The van der Waals surface area contributed by atoms with Gasteiger partial charge in [-0.15, -0.1) is 0 Å². The summed E-state index contributed by atoms with van der Waals surface area (Å²) in [5.74, 6) is -0.177. The highest BCUT2D eigenvalue weighted by atomic mass is 16.5. The van der Waals surface area contributed by atoms with Crippen LogP contribution in [0.3, 0.4) is 0 Å². The molecule has 0 atom stereocenters. The van der Waals surface area contributed by atoms with E-state index < -0.39 is 5.97 Å². The number of ether oxygens (including phenoxy) is 1. The topological polar surface area (TPSA) is 63.6 Å². The Balaban J connectivity index is 0.000000303. The lowest BCUT2D eigenvalue weighted by Crippen LogP contribution is -1.98. The number of aliphatic carboxylic acids is 1. The van der Waals surface area contributed by atoms with Gasteiger partial charge >= 0.3 is 11.9 Å². The van der Waals surface area contributed by atoms with Gasteiger partial charge in [0.1, 0.15) is 0 Å². The summed E-state index contributed by atoms with van der Waals surface area (Å²) < 4.78 is 4.80. The molecule has 30 heavy (non-hydrogen) atoms. The SMILES string of the molecule is CC(C)c1ccc(C=CC(=O)O)cc1.CCOC(=O)C=Cc1ccc(C(C)C)cc1. The Hall–Kier alpha value is -3.14. The highest BCUT2D eigenvalue weighted by molar-refractivity contribution is 5.87. The molecule has 1 N–H and O–H groups in total. The van der Waals surface area contributed by atoms with E-state index in [0.29, 0.717) is 18.4 Å². The lowest BCUT2D eigenvalue weighted by atomic mass is 10.0. The summed E-state index contributed by atoms with van der Waals surface area (Å²) in [5.41, 5.74) is 4.49. The first kappa shape index (κ1) is 24.9. The summed E-state index contributed by atoms with van der Waals surface area (Å²) in [7, 11) is 0.